The van der Waals surface area contributed by atoms with Crippen molar-refractivity contribution < 1.29 is 9.21 Å². The number of nitrogens with one attached hydrogen (secondary N) is 1. The summed E-state index contributed by atoms with van der Waals surface area (Å²) in [5, 5.41) is 3.00. The second-order valence-corrected chi connectivity index (χ2v) is 6.00. The van der Waals surface area contributed by atoms with Gasteiger partial charge in [-0.2, -0.15) is 0 Å². The molecule has 1 N–H and O–H groups in total. The van der Waals surface area contributed by atoms with Crippen molar-refractivity contribution in [2.75, 3.05) is 0 Å². The van der Waals surface area contributed by atoms with Gasteiger partial charge in [0.05, 0.1) is 6.04 Å². The molecule has 0 bridgehead atoms. The largest absolute Gasteiger partial charge is 0.466 e. The number of aryl methyl sites for hydroxylation is 3. The van der Waals surface area contributed by atoms with Gasteiger partial charge in [-0.1, -0.05) is 15.9 Å². The third-order valence-electron chi connectivity index (χ3n) is 3.20. The third-order valence-corrected chi connectivity index (χ3v) is 3.66. The van der Waals surface area contributed by atoms with E-state index in [1.54, 1.807) is 0 Å². The monoisotopic (exact) mass is 335 g/mol. The molecular formula is C16H18BrNO2. The van der Waals surface area contributed by atoms with E-state index in [1.165, 1.54) is 0 Å². The fraction of sp³-hybridized carbons (Fsp3) is 0.312. The molecule has 3 nitrogen and oxygen atoms in total. The highest BCUT2D eigenvalue weighted by Gasteiger charge is 2.16. The van der Waals surface area contributed by atoms with E-state index in [9.17, 15) is 4.79 Å². The zero-order valence-corrected chi connectivity index (χ0v) is 13.7. The highest BCUT2D eigenvalue weighted by molar-refractivity contribution is 9.10. The van der Waals surface area contributed by atoms with Gasteiger partial charge < -0.3 is 9.73 Å². The van der Waals surface area contributed by atoms with Gasteiger partial charge in [0.1, 0.15) is 11.5 Å². The van der Waals surface area contributed by atoms with E-state index in [4.69, 9.17) is 4.42 Å². The van der Waals surface area contributed by atoms with Crippen LogP contribution in [-0.2, 0) is 0 Å². The summed E-state index contributed by atoms with van der Waals surface area (Å²) < 4.78 is 6.41. The predicted molar refractivity (Wildman–Crippen MR) is 82.9 cm³/mol. The molecule has 1 aromatic carbocycles. The second-order valence-electron chi connectivity index (χ2n) is 5.08. The lowest BCUT2D eigenvalue weighted by Crippen LogP contribution is -2.26. The van der Waals surface area contributed by atoms with E-state index >= 15 is 0 Å². The summed E-state index contributed by atoms with van der Waals surface area (Å²) in [5.74, 6) is 1.62. The molecule has 106 valence electrons. The first-order chi connectivity index (χ1) is 9.36. The van der Waals surface area contributed by atoms with E-state index in [2.05, 4.69) is 21.2 Å². The number of halogens is 1. The molecule has 20 heavy (non-hydrogen) atoms. The summed E-state index contributed by atoms with van der Waals surface area (Å²) in [6.07, 6.45) is 0. The van der Waals surface area contributed by atoms with E-state index in [1.807, 2.05) is 52.0 Å². The Morgan fingerprint density at radius 2 is 1.90 bits per heavy atom. The summed E-state index contributed by atoms with van der Waals surface area (Å²) in [4.78, 5) is 12.3. The van der Waals surface area contributed by atoms with Gasteiger partial charge in [-0.05, 0) is 57.5 Å². The third kappa shape index (κ3) is 3.31. The maximum Gasteiger partial charge on any atom is 0.251 e. The highest BCUT2D eigenvalue weighted by Crippen LogP contribution is 2.22. The number of hydrogen-bond donors (Lipinski definition) is 1. The highest BCUT2D eigenvalue weighted by atomic mass is 79.9. The SMILES string of the molecule is Cc1cc(Br)cc(C(=O)NC(C)c2cc(C)oc2C)c1. The summed E-state index contributed by atoms with van der Waals surface area (Å²) >= 11 is 3.41. The van der Waals surface area contributed by atoms with Crippen LogP contribution in [0.1, 0.15) is 46.0 Å². The lowest BCUT2D eigenvalue weighted by atomic mass is 10.1. The number of furan rings is 1. The molecule has 1 aromatic heterocycles. The molecule has 0 aliphatic heterocycles. The van der Waals surface area contributed by atoms with Gasteiger partial charge in [0.2, 0.25) is 0 Å². The average molecular weight is 336 g/mol. The van der Waals surface area contributed by atoms with Crippen molar-refractivity contribution in [3.63, 3.8) is 0 Å². The second kappa shape index (κ2) is 5.83. The van der Waals surface area contributed by atoms with Gasteiger partial charge in [0.15, 0.2) is 0 Å². The van der Waals surface area contributed by atoms with E-state index in [-0.39, 0.29) is 11.9 Å². The van der Waals surface area contributed by atoms with E-state index < -0.39 is 0 Å². The number of rotatable bonds is 3. The first kappa shape index (κ1) is 14.9. The van der Waals surface area contributed by atoms with Crippen molar-refractivity contribution in [2.45, 2.75) is 33.7 Å². The van der Waals surface area contributed by atoms with Crippen LogP contribution in [0.15, 0.2) is 33.2 Å². The van der Waals surface area contributed by atoms with Crippen molar-refractivity contribution in [1.29, 1.82) is 0 Å². The predicted octanol–water partition coefficient (Wildman–Crippen LogP) is 4.46. The fourth-order valence-corrected chi connectivity index (χ4v) is 2.91. The molecule has 0 fully saturated rings. The van der Waals surface area contributed by atoms with Gasteiger partial charge in [-0.3, -0.25) is 4.79 Å². The first-order valence-corrected chi connectivity index (χ1v) is 7.31. The molecule has 4 heteroatoms. The van der Waals surface area contributed by atoms with Gasteiger partial charge in [0, 0.05) is 15.6 Å². The Bertz CT molecular complexity index is 626. The molecule has 0 aliphatic carbocycles. The zero-order chi connectivity index (χ0) is 14.9. The summed E-state index contributed by atoms with van der Waals surface area (Å²) in [6, 6.07) is 7.55. The lowest BCUT2D eigenvalue weighted by Gasteiger charge is -2.13. The zero-order valence-electron chi connectivity index (χ0n) is 12.1. The molecule has 0 aliphatic rings. The smallest absolute Gasteiger partial charge is 0.251 e. The summed E-state index contributed by atoms with van der Waals surface area (Å²) in [6.45, 7) is 7.74. The molecule has 0 spiro atoms. The van der Waals surface area contributed by atoms with E-state index in [0.29, 0.717) is 5.56 Å². The standard InChI is InChI=1S/C16H18BrNO2/c1-9-5-13(8-14(17)6-9)16(19)18-11(3)15-7-10(2)20-12(15)4/h5-8,11H,1-4H3,(H,18,19). The molecular weight excluding hydrogens is 318 g/mol. The Hall–Kier alpha value is -1.55. The Balaban J connectivity index is 2.17. The average Bonchev–Trinajstić information content (AvgIpc) is 2.67. The van der Waals surface area contributed by atoms with Crippen molar-refractivity contribution in [3.8, 4) is 0 Å². The quantitative estimate of drug-likeness (QED) is 0.899. The minimum absolute atomic E-state index is 0.0832. The summed E-state index contributed by atoms with van der Waals surface area (Å²) in [7, 11) is 0. The van der Waals surface area contributed by atoms with Crippen LogP contribution in [0.2, 0.25) is 0 Å². The molecule has 0 saturated heterocycles. The maximum absolute atomic E-state index is 12.3. The Morgan fingerprint density at radius 1 is 1.20 bits per heavy atom. The topological polar surface area (TPSA) is 42.2 Å². The van der Waals surface area contributed by atoms with Crippen molar-refractivity contribution in [2.24, 2.45) is 0 Å². The molecule has 2 aromatic rings. The number of carbonyl (C=O) groups excluding carboxylic acids is 1. The summed E-state index contributed by atoms with van der Waals surface area (Å²) in [5.41, 5.74) is 2.72. The number of amides is 1. The number of hydrogen-bond acceptors (Lipinski definition) is 2. The van der Waals surface area contributed by atoms with Crippen LogP contribution in [0, 0.1) is 20.8 Å². The number of carbonyl (C=O) groups is 1. The van der Waals surface area contributed by atoms with Gasteiger partial charge in [-0.25, -0.2) is 0 Å². The minimum atomic E-state index is -0.0840. The Morgan fingerprint density at radius 3 is 2.45 bits per heavy atom. The number of benzene rings is 1. The lowest BCUT2D eigenvalue weighted by molar-refractivity contribution is 0.0939. The first-order valence-electron chi connectivity index (χ1n) is 6.52. The van der Waals surface area contributed by atoms with Crippen molar-refractivity contribution >= 4 is 21.8 Å². The molecule has 1 unspecified atom stereocenters. The maximum atomic E-state index is 12.3. The van der Waals surface area contributed by atoms with Crippen LogP contribution in [0.5, 0.6) is 0 Å². The van der Waals surface area contributed by atoms with Crippen LogP contribution in [0.25, 0.3) is 0 Å². The molecule has 2 rings (SSSR count). The Labute approximate surface area is 127 Å². The van der Waals surface area contributed by atoms with Gasteiger partial charge in [-0.15, -0.1) is 0 Å². The van der Waals surface area contributed by atoms with Crippen molar-refractivity contribution in [3.05, 3.63) is 56.9 Å². The van der Waals surface area contributed by atoms with Crippen LogP contribution >= 0.6 is 15.9 Å². The molecule has 0 saturated carbocycles. The van der Waals surface area contributed by atoms with Crippen LogP contribution in [0.3, 0.4) is 0 Å². The van der Waals surface area contributed by atoms with Crippen LogP contribution < -0.4 is 5.32 Å². The van der Waals surface area contributed by atoms with Gasteiger partial charge in [0.25, 0.3) is 5.91 Å². The van der Waals surface area contributed by atoms with Crippen LogP contribution in [0.4, 0.5) is 0 Å². The Kier molecular flexibility index (Phi) is 4.33. The molecule has 1 heterocycles. The van der Waals surface area contributed by atoms with Crippen LogP contribution in [-0.4, -0.2) is 5.91 Å². The molecule has 1 amide bonds. The normalized spacial score (nSPS) is 12.2. The molecule has 1 atom stereocenters. The van der Waals surface area contributed by atoms with E-state index in [0.717, 1.165) is 27.1 Å². The minimum Gasteiger partial charge on any atom is -0.466 e. The van der Waals surface area contributed by atoms with Crippen molar-refractivity contribution in [1.82, 2.24) is 5.32 Å². The molecule has 0 radical (unpaired) electrons. The van der Waals surface area contributed by atoms with Gasteiger partial charge >= 0.3 is 0 Å². The fourth-order valence-electron chi connectivity index (χ4n) is 2.31.